The number of piperidine rings is 1. The number of ether oxygens (including phenoxy) is 1. The highest BCUT2D eigenvalue weighted by atomic mass is 35.5. The minimum Gasteiger partial charge on any atom is -0.453 e. The summed E-state index contributed by atoms with van der Waals surface area (Å²) in [5.41, 5.74) is 9.74. The average molecular weight is 628 g/mol. The number of aryl methyl sites for hydroxylation is 1. The lowest BCUT2D eigenvalue weighted by atomic mass is 9.73. The van der Waals surface area contributed by atoms with E-state index in [4.69, 9.17) is 27.0 Å². The average Bonchev–Trinajstić information content (AvgIpc) is 3.04. The molecule has 1 aliphatic rings. The van der Waals surface area contributed by atoms with Gasteiger partial charge >= 0.3 is 6.09 Å². The summed E-state index contributed by atoms with van der Waals surface area (Å²) in [5, 5.41) is 18.2. The lowest BCUT2D eigenvalue weighted by Gasteiger charge is -2.39. The maximum Gasteiger partial charge on any atom is 0.409 e. The number of nitrogens with zero attached hydrogens (tertiary/aromatic N) is 2. The zero-order chi connectivity index (χ0) is 33.3. The maximum atomic E-state index is 13.6. The molecule has 3 rings (SSSR count). The SMILES string of the molecule is CCC(CC(C)C(=O)c1ccc(C)c(C(C)=C(Cl)CC=C=C(C(C)=N)C2(C)CCN(C(=O)OC)CC2)c1)c1ccc(C#N)cc1. The number of rotatable bonds is 11. The van der Waals surface area contributed by atoms with Gasteiger partial charge in [0.2, 0.25) is 0 Å². The summed E-state index contributed by atoms with van der Waals surface area (Å²) in [6.07, 6.45) is 5.10. The van der Waals surface area contributed by atoms with Crippen LogP contribution in [0, 0.1) is 35.0 Å². The molecule has 238 valence electrons. The summed E-state index contributed by atoms with van der Waals surface area (Å²) in [6.45, 7) is 13.2. The van der Waals surface area contributed by atoms with Gasteiger partial charge in [-0.25, -0.2) is 4.79 Å². The van der Waals surface area contributed by atoms with E-state index in [2.05, 4.69) is 25.6 Å². The lowest BCUT2D eigenvalue weighted by molar-refractivity contribution is 0.0917. The topological polar surface area (TPSA) is 94.2 Å². The Balaban J connectivity index is 1.79. The highest BCUT2D eigenvalue weighted by Crippen LogP contribution is 2.39. The summed E-state index contributed by atoms with van der Waals surface area (Å²) in [7, 11) is 1.39. The number of allylic oxidation sites excluding steroid dienone is 3. The van der Waals surface area contributed by atoms with Gasteiger partial charge in [-0.1, -0.05) is 56.6 Å². The van der Waals surface area contributed by atoms with Gasteiger partial charge in [0, 0.05) is 52.7 Å². The molecule has 1 heterocycles. The van der Waals surface area contributed by atoms with Crippen molar-refractivity contribution in [2.24, 2.45) is 11.3 Å². The Bertz CT molecular complexity index is 1550. The van der Waals surface area contributed by atoms with Crippen LogP contribution in [0.4, 0.5) is 4.79 Å². The standard InChI is InChI=1S/C38H46ClN3O3/c1-8-30(31-16-13-29(24-40)14-17-31)22-26(3)36(43)32-15-12-25(2)33(23-32)27(4)35(39)11-9-10-34(28(5)41)38(6)18-20-42(21-19-38)37(44)45-7/h9,12-17,23,26,30,41H,8,11,18-22H2,1-7H3. The van der Waals surface area contributed by atoms with Crippen molar-refractivity contribution in [2.45, 2.75) is 79.6 Å². The fourth-order valence-electron chi connectivity index (χ4n) is 6.20. The molecule has 7 heteroatoms. The zero-order valence-electron chi connectivity index (χ0n) is 27.7. The first-order chi connectivity index (χ1) is 21.3. The maximum absolute atomic E-state index is 13.6. The van der Waals surface area contributed by atoms with Gasteiger partial charge in [-0.15, -0.1) is 5.73 Å². The molecule has 0 aliphatic carbocycles. The van der Waals surface area contributed by atoms with E-state index in [9.17, 15) is 9.59 Å². The minimum absolute atomic E-state index is 0.104. The highest BCUT2D eigenvalue weighted by Gasteiger charge is 2.36. The second-order valence-corrected chi connectivity index (χ2v) is 12.9. The van der Waals surface area contributed by atoms with E-state index in [0.717, 1.165) is 53.5 Å². The Morgan fingerprint density at radius 2 is 1.80 bits per heavy atom. The van der Waals surface area contributed by atoms with Crippen LogP contribution in [0.15, 0.2) is 64.9 Å². The number of amides is 1. The third kappa shape index (κ3) is 8.85. The van der Waals surface area contributed by atoms with Crippen LogP contribution >= 0.6 is 11.6 Å². The predicted octanol–water partition coefficient (Wildman–Crippen LogP) is 9.62. The molecule has 2 aromatic carbocycles. The molecule has 2 aromatic rings. The number of likely N-dealkylation sites (tertiary alicyclic amines) is 1. The normalized spacial score (nSPS) is 15.9. The van der Waals surface area contributed by atoms with Crippen molar-refractivity contribution in [2.75, 3.05) is 20.2 Å². The van der Waals surface area contributed by atoms with Crippen molar-refractivity contribution in [3.63, 3.8) is 0 Å². The van der Waals surface area contributed by atoms with Crippen LogP contribution < -0.4 is 0 Å². The molecule has 45 heavy (non-hydrogen) atoms. The number of nitriles is 1. The molecule has 0 saturated carbocycles. The number of Topliss-reactive ketones (excluding diaryl/α,β-unsaturated/α-hetero) is 1. The monoisotopic (exact) mass is 627 g/mol. The number of halogens is 1. The quantitative estimate of drug-likeness (QED) is 0.152. The summed E-state index contributed by atoms with van der Waals surface area (Å²) in [5.74, 6) is 0.167. The molecular formula is C38H46ClN3O3. The van der Waals surface area contributed by atoms with Crippen molar-refractivity contribution in [3.8, 4) is 6.07 Å². The van der Waals surface area contributed by atoms with E-state index < -0.39 is 0 Å². The van der Waals surface area contributed by atoms with Crippen molar-refractivity contribution in [3.05, 3.63) is 92.7 Å². The molecule has 0 bridgehead atoms. The highest BCUT2D eigenvalue weighted by molar-refractivity contribution is 6.32. The van der Waals surface area contributed by atoms with Crippen LogP contribution in [0.3, 0.4) is 0 Å². The Kier molecular flexibility index (Phi) is 12.6. The molecule has 1 saturated heterocycles. The van der Waals surface area contributed by atoms with Gasteiger partial charge < -0.3 is 15.0 Å². The van der Waals surface area contributed by atoms with Gasteiger partial charge in [0.15, 0.2) is 5.78 Å². The number of nitrogens with one attached hydrogen (secondary N) is 1. The van der Waals surface area contributed by atoms with Crippen LogP contribution in [-0.4, -0.2) is 42.7 Å². The van der Waals surface area contributed by atoms with E-state index in [-0.39, 0.29) is 29.1 Å². The molecule has 1 N–H and O–H groups in total. The Labute approximate surface area is 273 Å². The van der Waals surface area contributed by atoms with Gasteiger partial charge in [0.1, 0.15) is 0 Å². The van der Waals surface area contributed by atoms with Crippen LogP contribution in [0.1, 0.15) is 105 Å². The Morgan fingerprint density at radius 1 is 1.16 bits per heavy atom. The number of carbonyl (C=O) groups excluding carboxylic acids is 2. The molecular weight excluding hydrogens is 582 g/mol. The first-order valence-electron chi connectivity index (χ1n) is 15.7. The number of hydrogen-bond acceptors (Lipinski definition) is 5. The van der Waals surface area contributed by atoms with Gasteiger partial charge in [-0.05, 0) is 98.9 Å². The zero-order valence-corrected chi connectivity index (χ0v) is 28.5. The van der Waals surface area contributed by atoms with E-state index in [1.807, 2.05) is 69.3 Å². The van der Waals surface area contributed by atoms with Crippen molar-refractivity contribution >= 4 is 34.8 Å². The van der Waals surface area contributed by atoms with Crippen molar-refractivity contribution in [1.29, 1.82) is 10.7 Å². The Morgan fingerprint density at radius 3 is 2.36 bits per heavy atom. The van der Waals surface area contributed by atoms with Crippen LogP contribution in [0.5, 0.6) is 0 Å². The molecule has 1 fully saturated rings. The van der Waals surface area contributed by atoms with E-state index >= 15 is 0 Å². The van der Waals surface area contributed by atoms with Crippen molar-refractivity contribution < 1.29 is 14.3 Å². The summed E-state index contributed by atoms with van der Waals surface area (Å²) < 4.78 is 4.87. The van der Waals surface area contributed by atoms with Gasteiger partial charge in [-0.2, -0.15) is 5.26 Å². The van der Waals surface area contributed by atoms with Crippen LogP contribution in [0.25, 0.3) is 5.57 Å². The van der Waals surface area contributed by atoms with Gasteiger partial charge in [0.05, 0.1) is 18.7 Å². The van der Waals surface area contributed by atoms with Gasteiger partial charge in [-0.3, -0.25) is 4.79 Å². The number of ketones is 1. The summed E-state index contributed by atoms with van der Waals surface area (Å²) in [6, 6.07) is 15.7. The fraction of sp³-hybridized carbons (Fsp3) is 0.447. The third-order valence-corrected chi connectivity index (χ3v) is 9.67. The molecule has 1 aliphatic heterocycles. The molecule has 0 radical (unpaired) electrons. The number of methoxy groups -OCH3 is 1. The largest absolute Gasteiger partial charge is 0.453 e. The molecule has 2 atom stereocenters. The van der Waals surface area contributed by atoms with Crippen LogP contribution in [-0.2, 0) is 4.74 Å². The first-order valence-corrected chi connectivity index (χ1v) is 16.1. The molecule has 0 spiro atoms. The van der Waals surface area contributed by atoms with E-state index in [0.29, 0.717) is 41.4 Å². The third-order valence-electron chi connectivity index (χ3n) is 9.23. The van der Waals surface area contributed by atoms with E-state index in [1.165, 1.54) is 7.11 Å². The van der Waals surface area contributed by atoms with Crippen LogP contribution in [0.2, 0.25) is 0 Å². The number of hydrogen-bond donors (Lipinski definition) is 1. The molecule has 6 nitrogen and oxygen atoms in total. The van der Waals surface area contributed by atoms with Crippen molar-refractivity contribution in [1.82, 2.24) is 4.90 Å². The molecule has 0 aromatic heterocycles. The van der Waals surface area contributed by atoms with E-state index in [1.54, 1.807) is 11.8 Å². The van der Waals surface area contributed by atoms with Gasteiger partial charge in [0.25, 0.3) is 0 Å². The number of carbonyl (C=O) groups is 2. The predicted molar refractivity (Wildman–Crippen MR) is 183 cm³/mol. The first kappa shape index (κ1) is 35.6. The minimum atomic E-state index is -0.319. The smallest absolute Gasteiger partial charge is 0.409 e. The summed E-state index contributed by atoms with van der Waals surface area (Å²) >= 11 is 6.85. The fourth-order valence-corrected chi connectivity index (χ4v) is 6.38. The molecule has 2 unspecified atom stereocenters. The second-order valence-electron chi connectivity index (χ2n) is 12.5. The molecule has 1 amide bonds. The second kappa shape index (κ2) is 15.9. The number of benzene rings is 2. The Hall–Kier alpha value is -3.91. The lowest BCUT2D eigenvalue weighted by Crippen LogP contribution is -2.43. The summed E-state index contributed by atoms with van der Waals surface area (Å²) in [4.78, 5) is 27.2.